The Morgan fingerprint density at radius 3 is 2.67 bits per heavy atom. The minimum atomic E-state index is 0.493. The fourth-order valence-electron chi connectivity index (χ4n) is 0.874. The molecule has 12 heavy (non-hydrogen) atoms. The predicted octanol–water partition coefficient (Wildman–Crippen LogP) is 3.49. The van der Waals surface area contributed by atoms with Crippen LogP contribution in [0.1, 0.15) is 26.7 Å². The Kier molecular flexibility index (Phi) is 5.98. The zero-order valence-corrected chi connectivity index (χ0v) is 7.93. The number of hydrogen-bond donors (Lipinski definition) is 1. The Bertz CT molecular complexity index is 209. The molecular formula is C11H17N. The van der Waals surface area contributed by atoms with E-state index in [9.17, 15) is 0 Å². The van der Waals surface area contributed by atoms with Gasteiger partial charge in [-0.15, -0.1) is 0 Å². The summed E-state index contributed by atoms with van der Waals surface area (Å²) in [6.07, 6.45) is 9.68. The molecule has 1 nitrogen and oxygen atoms in total. The van der Waals surface area contributed by atoms with Crippen molar-refractivity contribution in [3.8, 4) is 0 Å². The Morgan fingerprint density at radius 2 is 2.17 bits per heavy atom. The first-order valence-corrected chi connectivity index (χ1v) is 4.20. The van der Waals surface area contributed by atoms with Crippen LogP contribution in [0.2, 0.25) is 0 Å². The van der Waals surface area contributed by atoms with Crippen molar-refractivity contribution in [2.45, 2.75) is 26.7 Å². The van der Waals surface area contributed by atoms with E-state index in [1.165, 1.54) is 5.57 Å². The third-order valence-electron chi connectivity index (χ3n) is 1.56. The molecule has 0 radical (unpaired) electrons. The highest BCUT2D eigenvalue weighted by Crippen LogP contribution is 2.04. The highest BCUT2D eigenvalue weighted by Gasteiger charge is 1.88. The van der Waals surface area contributed by atoms with Gasteiger partial charge in [0.05, 0.1) is 5.71 Å². The molecule has 0 bridgehead atoms. The van der Waals surface area contributed by atoms with Gasteiger partial charge in [0.2, 0.25) is 0 Å². The first kappa shape index (κ1) is 10.9. The number of nitrogens with one attached hydrogen (secondary N) is 1. The van der Waals surface area contributed by atoms with Crippen LogP contribution in [-0.2, 0) is 0 Å². The molecule has 0 aliphatic carbocycles. The summed E-state index contributed by atoms with van der Waals surface area (Å²) in [4.78, 5) is 0. The molecule has 1 N–H and O–H groups in total. The lowest BCUT2D eigenvalue weighted by atomic mass is 10.1. The van der Waals surface area contributed by atoms with Gasteiger partial charge in [-0.1, -0.05) is 24.3 Å². The molecular weight excluding hydrogens is 146 g/mol. The van der Waals surface area contributed by atoms with Crippen molar-refractivity contribution in [2.24, 2.45) is 0 Å². The third-order valence-corrected chi connectivity index (χ3v) is 1.56. The third kappa shape index (κ3) is 5.66. The fourth-order valence-corrected chi connectivity index (χ4v) is 0.874. The fraction of sp³-hybridized carbons (Fsp3) is 0.364. The maximum atomic E-state index is 7.34. The van der Waals surface area contributed by atoms with Crippen LogP contribution in [0, 0.1) is 5.41 Å². The van der Waals surface area contributed by atoms with Crippen LogP contribution in [0.3, 0.4) is 0 Å². The minimum Gasteiger partial charge on any atom is -0.301 e. The Labute approximate surface area is 75.0 Å². The van der Waals surface area contributed by atoms with E-state index >= 15 is 0 Å². The first-order chi connectivity index (χ1) is 5.70. The van der Waals surface area contributed by atoms with Crippen LogP contribution >= 0.6 is 0 Å². The van der Waals surface area contributed by atoms with Crippen molar-refractivity contribution in [1.29, 1.82) is 5.41 Å². The van der Waals surface area contributed by atoms with Gasteiger partial charge in [0.1, 0.15) is 0 Å². The summed E-state index contributed by atoms with van der Waals surface area (Å²) in [5.74, 6) is 0. The molecule has 0 aromatic rings. The van der Waals surface area contributed by atoms with Gasteiger partial charge in [-0.05, 0) is 38.8 Å². The summed E-state index contributed by atoms with van der Waals surface area (Å²) in [7, 11) is 0. The Balaban J connectivity index is 3.85. The lowest BCUT2D eigenvalue weighted by molar-refractivity contribution is 0.978. The number of allylic oxidation sites excluding steroid dienone is 5. The van der Waals surface area contributed by atoms with Crippen molar-refractivity contribution >= 4 is 5.71 Å². The first-order valence-electron chi connectivity index (χ1n) is 4.20. The largest absolute Gasteiger partial charge is 0.301 e. The average Bonchev–Trinajstić information content (AvgIpc) is 2.05. The SMILES string of the molecule is C=CC(=N)/C=C(\C)CC/C=C/C. The smallest absolute Gasteiger partial charge is 0.0533 e. The van der Waals surface area contributed by atoms with E-state index in [1.807, 2.05) is 26.0 Å². The molecule has 0 amide bonds. The van der Waals surface area contributed by atoms with Crippen molar-refractivity contribution in [1.82, 2.24) is 0 Å². The Hall–Kier alpha value is -1.11. The molecule has 0 unspecified atom stereocenters. The molecule has 0 aromatic carbocycles. The maximum Gasteiger partial charge on any atom is 0.0533 e. The van der Waals surface area contributed by atoms with Crippen LogP contribution in [0.15, 0.2) is 36.5 Å². The van der Waals surface area contributed by atoms with Crippen LogP contribution in [-0.4, -0.2) is 5.71 Å². The van der Waals surface area contributed by atoms with Gasteiger partial charge >= 0.3 is 0 Å². The highest BCUT2D eigenvalue weighted by molar-refractivity contribution is 6.01. The standard InChI is InChI=1S/C11H17N/c1-4-6-7-8-10(3)9-11(12)5-2/h4-6,9,12H,2,7-8H2,1,3H3/b6-4+,10-9+,12-11?. The number of rotatable bonds is 5. The summed E-state index contributed by atoms with van der Waals surface area (Å²) in [6, 6.07) is 0. The summed E-state index contributed by atoms with van der Waals surface area (Å²) in [5, 5.41) is 7.34. The van der Waals surface area contributed by atoms with Crippen LogP contribution < -0.4 is 0 Å². The molecule has 0 atom stereocenters. The second-order valence-corrected chi connectivity index (χ2v) is 2.76. The minimum absolute atomic E-state index is 0.493. The van der Waals surface area contributed by atoms with Crippen LogP contribution in [0.5, 0.6) is 0 Å². The number of hydrogen-bond acceptors (Lipinski definition) is 1. The molecule has 0 saturated heterocycles. The van der Waals surface area contributed by atoms with Gasteiger partial charge in [-0.25, -0.2) is 0 Å². The second-order valence-electron chi connectivity index (χ2n) is 2.76. The maximum absolute atomic E-state index is 7.34. The van der Waals surface area contributed by atoms with Gasteiger partial charge in [0, 0.05) is 0 Å². The van der Waals surface area contributed by atoms with Gasteiger partial charge in [-0.3, -0.25) is 0 Å². The van der Waals surface area contributed by atoms with E-state index in [1.54, 1.807) is 6.08 Å². The average molecular weight is 163 g/mol. The normalized spacial score (nSPS) is 12.0. The van der Waals surface area contributed by atoms with E-state index in [2.05, 4.69) is 12.7 Å². The van der Waals surface area contributed by atoms with Gasteiger partial charge in [0.25, 0.3) is 0 Å². The summed E-state index contributed by atoms with van der Waals surface area (Å²) in [5.41, 5.74) is 1.73. The molecule has 66 valence electrons. The quantitative estimate of drug-likeness (QED) is 0.474. The zero-order valence-electron chi connectivity index (χ0n) is 7.93. The van der Waals surface area contributed by atoms with Gasteiger partial charge < -0.3 is 5.41 Å². The molecule has 0 heterocycles. The molecule has 0 aromatic heterocycles. The topological polar surface area (TPSA) is 23.9 Å². The van der Waals surface area contributed by atoms with E-state index in [0.717, 1.165) is 12.8 Å². The van der Waals surface area contributed by atoms with Crippen molar-refractivity contribution in [2.75, 3.05) is 0 Å². The predicted molar refractivity (Wildman–Crippen MR) is 55.7 cm³/mol. The molecule has 0 rings (SSSR count). The lowest BCUT2D eigenvalue weighted by Crippen LogP contribution is -1.85. The van der Waals surface area contributed by atoms with E-state index in [4.69, 9.17) is 5.41 Å². The van der Waals surface area contributed by atoms with Crippen LogP contribution in [0.4, 0.5) is 0 Å². The molecule has 1 heteroatoms. The molecule has 0 aliphatic heterocycles. The lowest BCUT2D eigenvalue weighted by Gasteiger charge is -1.96. The zero-order chi connectivity index (χ0) is 9.40. The summed E-state index contributed by atoms with van der Waals surface area (Å²) >= 11 is 0. The van der Waals surface area contributed by atoms with Crippen molar-refractivity contribution in [3.63, 3.8) is 0 Å². The van der Waals surface area contributed by atoms with E-state index in [-0.39, 0.29) is 0 Å². The highest BCUT2D eigenvalue weighted by atomic mass is 14.4. The molecule has 0 aliphatic rings. The van der Waals surface area contributed by atoms with Gasteiger partial charge in [-0.2, -0.15) is 0 Å². The second kappa shape index (κ2) is 6.59. The van der Waals surface area contributed by atoms with Gasteiger partial charge in [0.15, 0.2) is 0 Å². The van der Waals surface area contributed by atoms with E-state index in [0.29, 0.717) is 5.71 Å². The summed E-state index contributed by atoms with van der Waals surface area (Å²) in [6.45, 7) is 7.59. The Morgan fingerprint density at radius 1 is 1.50 bits per heavy atom. The molecule has 0 saturated carbocycles. The van der Waals surface area contributed by atoms with Crippen molar-refractivity contribution < 1.29 is 0 Å². The molecule has 0 fully saturated rings. The monoisotopic (exact) mass is 163 g/mol. The summed E-state index contributed by atoms with van der Waals surface area (Å²) < 4.78 is 0. The van der Waals surface area contributed by atoms with Crippen molar-refractivity contribution in [3.05, 3.63) is 36.5 Å². The van der Waals surface area contributed by atoms with E-state index < -0.39 is 0 Å². The van der Waals surface area contributed by atoms with Crippen LogP contribution in [0.25, 0.3) is 0 Å². The molecule has 0 spiro atoms.